The lowest BCUT2D eigenvalue weighted by Crippen LogP contribution is -2.17. The maximum absolute atomic E-state index is 12.6. The average Bonchev–Trinajstić information content (AvgIpc) is 3.47. The summed E-state index contributed by atoms with van der Waals surface area (Å²) in [5.41, 5.74) is 6.57. The Morgan fingerprint density at radius 1 is 1.09 bits per heavy atom. The fraction of sp³-hybridized carbons (Fsp3) is 0.235. The van der Waals surface area contributed by atoms with E-state index in [1.54, 1.807) is 12.1 Å². The largest absolute Gasteiger partial charge is 0.486 e. The van der Waals surface area contributed by atoms with Crippen molar-refractivity contribution in [3.63, 3.8) is 0 Å². The molecule has 0 atom stereocenters. The molecule has 0 saturated carbocycles. The molecule has 0 aliphatic rings. The number of nitrogens with one attached hydrogen (secondary N) is 2. The van der Waals surface area contributed by atoms with E-state index >= 15 is 0 Å². The summed E-state index contributed by atoms with van der Waals surface area (Å²) in [5, 5.41) is 21.4. The van der Waals surface area contributed by atoms with Crippen LogP contribution in [0, 0.1) is 25.2 Å². The normalized spacial score (nSPS) is 11.0. The van der Waals surface area contributed by atoms with Gasteiger partial charge in [0.25, 0.3) is 0 Å². The number of halogens is 1. The predicted octanol–water partition coefficient (Wildman–Crippen LogP) is 7.63. The number of nitriles is 1. The van der Waals surface area contributed by atoms with Gasteiger partial charge >= 0.3 is 0 Å². The fourth-order valence-electron chi connectivity index (χ4n) is 4.69. The maximum atomic E-state index is 12.6. The van der Waals surface area contributed by atoms with Gasteiger partial charge in [-0.2, -0.15) is 5.26 Å². The van der Waals surface area contributed by atoms with Gasteiger partial charge in [-0.25, -0.2) is 0 Å². The third-order valence-electron chi connectivity index (χ3n) is 7.09. The van der Waals surface area contributed by atoms with Crippen molar-refractivity contribution in [2.45, 2.75) is 33.3 Å². The molecule has 0 bridgehead atoms. The second kappa shape index (κ2) is 13.6. The van der Waals surface area contributed by atoms with E-state index < -0.39 is 0 Å². The summed E-state index contributed by atoms with van der Waals surface area (Å²) in [6.07, 6.45) is 2.70. The first-order valence-electron chi connectivity index (χ1n) is 14.2. The van der Waals surface area contributed by atoms with Gasteiger partial charge in [0, 0.05) is 41.0 Å². The molecule has 0 radical (unpaired) electrons. The molecular weight excluding hydrogens is 576 g/mol. The van der Waals surface area contributed by atoms with Crippen LogP contribution in [0.15, 0.2) is 71.4 Å². The molecule has 0 fully saturated rings. The van der Waals surface area contributed by atoms with Crippen molar-refractivity contribution in [3.05, 3.63) is 94.3 Å². The van der Waals surface area contributed by atoms with Gasteiger partial charge < -0.3 is 24.8 Å². The molecule has 3 aromatic carbocycles. The number of aromatic nitrogens is 2. The van der Waals surface area contributed by atoms with Gasteiger partial charge in [0.05, 0.1) is 21.8 Å². The van der Waals surface area contributed by atoms with Crippen molar-refractivity contribution >= 4 is 45.5 Å². The molecule has 2 heterocycles. The quantitative estimate of drug-likeness (QED) is 0.157. The third kappa shape index (κ3) is 7.35. The van der Waals surface area contributed by atoms with Crippen LogP contribution in [0.3, 0.4) is 0 Å². The van der Waals surface area contributed by atoms with Gasteiger partial charge in [-0.3, -0.25) is 9.78 Å². The topological polar surface area (TPSA) is 116 Å². The number of carbonyl (C=O) groups excluding carboxylic acids is 1. The second-order valence-electron chi connectivity index (χ2n) is 10.9. The van der Waals surface area contributed by atoms with E-state index in [-0.39, 0.29) is 12.5 Å². The molecule has 2 N–H and O–H groups in total. The first kappa shape index (κ1) is 30.5. The molecule has 0 saturated heterocycles. The first-order valence-corrected chi connectivity index (χ1v) is 14.6. The Morgan fingerprint density at radius 2 is 1.89 bits per heavy atom. The van der Waals surface area contributed by atoms with E-state index in [1.807, 2.05) is 81.4 Å². The summed E-state index contributed by atoms with van der Waals surface area (Å²) >= 11 is 6.60. The summed E-state index contributed by atoms with van der Waals surface area (Å²) < 4.78 is 11.4. The summed E-state index contributed by atoms with van der Waals surface area (Å²) in [5.74, 6) is 1.08. The van der Waals surface area contributed by atoms with Crippen LogP contribution in [0.5, 0.6) is 5.75 Å². The smallest absolute Gasteiger partial charge is 0.224 e. The lowest BCUT2D eigenvalue weighted by molar-refractivity contribution is -0.116. The molecule has 0 aliphatic heterocycles. The number of rotatable bonds is 11. The number of hydrogen-bond acceptors (Lipinski definition) is 8. The number of pyridine rings is 1. The van der Waals surface area contributed by atoms with E-state index in [4.69, 9.17) is 20.9 Å². The second-order valence-corrected chi connectivity index (χ2v) is 11.3. The molecule has 1 amide bonds. The zero-order valence-electron chi connectivity index (χ0n) is 25.1. The van der Waals surface area contributed by atoms with Crippen LogP contribution in [-0.2, 0) is 11.4 Å². The number of ether oxygens (including phenoxy) is 1. The zero-order valence-corrected chi connectivity index (χ0v) is 25.8. The van der Waals surface area contributed by atoms with Crippen molar-refractivity contribution in [1.29, 1.82) is 5.26 Å². The highest BCUT2D eigenvalue weighted by Gasteiger charge is 2.15. The number of hydrogen-bond donors (Lipinski definition) is 2. The van der Waals surface area contributed by atoms with Crippen molar-refractivity contribution in [2.24, 2.45) is 0 Å². The van der Waals surface area contributed by atoms with Crippen LogP contribution in [0.1, 0.15) is 35.2 Å². The number of fused-ring (bicyclic) bond motifs is 1. The van der Waals surface area contributed by atoms with Crippen LogP contribution in [0.4, 0.5) is 17.1 Å². The summed E-state index contributed by atoms with van der Waals surface area (Å²) in [7, 11) is 3.96. The molecule has 2 aromatic heterocycles. The van der Waals surface area contributed by atoms with Gasteiger partial charge in [0.1, 0.15) is 24.1 Å². The van der Waals surface area contributed by atoms with E-state index in [2.05, 4.69) is 26.8 Å². The van der Waals surface area contributed by atoms with E-state index in [0.29, 0.717) is 62.2 Å². The molecule has 0 unspecified atom stereocenters. The minimum absolute atomic E-state index is 0.0624. The Kier molecular flexibility index (Phi) is 9.44. The van der Waals surface area contributed by atoms with Crippen LogP contribution < -0.4 is 15.4 Å². The SMILES string of the molecule is Cc1ccc(-c2cc(COc3ccc(Nc4c(C#N)cnc5cc(C)c(NC(=O)CCCN(C)C)cc45)cc3Cl)no2)cc1. The van der Waals surface area contributed by atoms with Crippen LogP contribution in [0.2, 0.25) is 5.02 Å². The molecule has 0 aliphatic carbocycles. The Morgan fingerprint density at radius 3 is 2.61 bits per heavy atom. The molecule has 5 rings (SSSR count). The van der Waals surface area contributed by atoms with Gasteiger partial charge in [-0.05, 0) is 76.8 Å². The fourth-order valence-corrected chi connectivity index (χ4v) is 4.93. The van der Waals surface area contributed by atoms with Gasteiger partial charge in [0.2, 0.25) is 5.91 Å². The van der Waals surface area contributed by atoms with Gasteiger partial charge in [-0.15, -0.1) is 0 Å². The number of benzene rings is 3. The Labute approximate surface area is 261 Å². The van der Waals surface area contributed by atoms with E-state index in [1.165, 1.54) is 11.8 Å². The predicted molar refractivity (Wildman–Crippen MR) is 173 cm³/mol. The summed E-state index contributed by atoms with van der Waals surface area (Å²) in [6, 6.07) is 21.1. The molecule has 10 heteroatoms. The van der Waals surface area contributed by atoms with Crippen molar-refractivity contribution in [3.8, 4) is 23.1 Å². The number of aryl methyl sites for hydroxylation is 2. The molecule has 5 aromatic rings. The minimum Gasteiger partial charge on any atom is -0.486 e. The van der Waals surface area contributed by atoms with Crippen LogP contribution in [0.25, 0.3) is 22.2 Å². The lowest BCUT2D eigenvalue weighted by Gasteiger charge is -2.16. The maximum Gasteiger partial charge on any atom is 0.224 e. The van der Waals surface area contributed by atoms with Gasteiger partial charge in [-0.1, -0.05) is 46.6 Å². The van der Waals surface area contributed by atoms with Crippen molar-refractivity contribution < 1.29 is 14.1 Å². The molecular formula is C34H33ClN6O3. The Bertz CT molecular complexity index is 1840. The summed E-state index contributed by atoms with van der Waals surface area (Å²) in [4.78, 5) is 19.1. The number of amides is 1. The monoisotopic (exact) mass is 608 g/mol. The highest BCUT2D eigenvalue weighted by molar-refractivity contribution is 6.32. The Balaban J connectivity index is 1.32. The first-order chi connectivity index (χ1) is 21.2. The highest BCUT2D eigenvalue weighted by Crippen LogP contribution is 2.35. The molecule has 0 spiro atoms. The van der Waals surface area contributed by atoms with Gasteiger partial charge in [0.15, 0.2) is 5.76 Å². The number of anilines is 3. The minimum atomic E-state index is -0.0624. The van der Waals surface area contributed by atoms with E-state index in [0.717, 1.165) is 24.1 Å². The lowest BCUT2D eigenvalue weighted by atomic mass is 10.0. The summed E-state index contributed by atoms with van der Waals surface area (Å²) in [6.45, 7) is 4.96. The third-order valence-corrected chi connectivity index (χ3v) is 7.38. The van der Waals surface area contributed by atoms with Crippen molar-refractivity contribution in [1.82, 2.24) is 15.0 Å². The number of nitrogens with zero attached hydrogens (tertiary/aromatic N) is 4. The van der Waals surface area contributed by atoms with Crippen LogP contribution in [-0.4, -0.2) is 41.6 Å². The van der Waals surface area contributed by atoms with Crippen molar-refractivity contribution in [2.75, 3.05) is 31.3 Å². The highest BCUT2D eigenvalue weighted by atomic mass is 35.5. The van der Waals surface area contributed by atoms with E-state index in [9.17, 15) is 10.1 Å². The standard InChI is InChI=1S/C34H33ClN6O3/c1-21-7-9-23(10-8-21)32-16-26(40-44-32)20-43-31-12-11-25(15-28(31)35)38-34-24(18-36)19-37-30-14-22(2)29(17-27(30)34)39-33(42)6-5-13-41(3)4/h7-12,14-17,19H,5-6,13,20H2,1-4H3,(H,37,38)(H,39,42). The number of carbonyl (C=O) groups is 1. The van der Waals surface area contributed by atoms with Crippen LogP contribution >= 0.6 is 11.6 Å². The molecule has 9 nitrogen and oxygen atoms in total. The molecule has 224 valence electrons. The zero-order chi connectivity index (χ0) is 31.2. The molecule has 44 heavy (non-hydrogen) atoms. The average molecular weight is 609 g/mol. The Hall–Kier alpha value is -4.91.